The summed E-state index contributed by atoms with van der Waals surface area (Å²) in [6.07, 6.45) is 15.4. The van der Waals surface area contributed by atoms with Gasteiger partial charge >= 0.3 is 5.97 Å². The monoisotopic (exact) mass is 456 g/mol. The zero-order chi connectivity index (χ0) is 23.4. The molecule has 6 rings (SSSR count). The lowest BCUT2D eigenvalue weighted by Gasteiger charge is -2.39. The van der Waals surface area contributed by atoms with Crippen molar-refractivity contribution in [2.75, 3.05) is 25.1 Å². The molecule has 3 aliphatic carbocycles. The quantitative estimate of drug-likeness (QED) is 0.703. The van der Waals surface area contributed by atoms with Crippen molar-refractivity contribution in [2.24, 2.45) is 5.92 Å². The van der Waals surface area contributed by atoms with Gasteiger partial charge < -0.3 is 19.6 Å². The van der Waals surface area contributed by atoms with Crippen LogP contribution >= 0.6 is 0 Å². The van der Waals surface area contributed by atoms with Crippen LogP contribution in [0.4, 0.5) is 5.69 Å². The predicted molar refractivity (Wildman–Crippen MR) is 129 cm³/mol. The van der Waals surface area contributed by atoms with Crippen LogP contribution in [0.2, 0.25) is 0 Å². The second-order valence-corrected chi connectivity index (χ2v) is 9.66. The molecular weight excluding hydrogens is 428 g/mol. The molecule has 2 atom stereocenters. The topological polar surface area (TPSA) is 70.1 Å². The Bertz CT molecular complexity index is 1230. The van der Waals surface area contributed by atoms with Gasteiger partial charge in [-0.25, -0.2) is 0 Å². The van der Waals surface area contributed by atoms with Crippen LogP contribution in [-0.2, 0) is 19.9 Å². The highest BCUT2D eigenvalue weighted by molar-refractivity contribution is 6.08. The molecule has 0 spiro atoms. The van der Waals surface area contributed by atoms with Crippen molar-refractivity contribution < 1.29 is 19.4 Å². The molecular formula is C28H28N2O4. The third kappa shape index (κ3) is 3.05. The third-order valence-electron chi connectivity index (χ3n) is 7.90. The first kappa shape index (κ1) is 21.2. The third-order valence-corrected chi connectivity index (χ3v) is 7.90. The Balaban J connectivity index is 1.23. The van der Waals surface area contributed by atoms with Crippen LogP contribution in [0.25, 0.3) is 0 Å². The first-order chi connectivity index (χ1) is 16.5. The highest BCUT2D eigenvalue weighted by Crippen LogP contribution is 2.48. The van der Waals surface area contributed by atoms with Gasteiger partial charge in [-0.3, -0.25) is 9.59 Å². The van der Waals surface area contributed by atoms with Crippen LogP contribution in [-0.4, -0.2) is 48.1 Å². The summed E-state index contributed by atoms with van der Waals surface area (Å²) in [5, 5.41) is 11.3. The number of likely N-dealkylation sites (tertiary alicyclic amines) is 1. The number of rotatable bonds is 4. The van der Waals surface area contributed by atoms with Gasteiger partial charge in [-0.1, -0.05) is 60.2 Å². The molecule has 0 aromatic heterocycles. The highest BCUT2D eigenvalue weighted by atomic mass is 16.5. The standard InChI is InChI=1S/C28H28N2O4/c1-34-25(31)17-28(33)22-10-2-3-11-23(22)30(27(28)32)20-12-14-29(15-13-20)24-16-19-8-4-6-18-7-5-9-21(24)26(18)19/h2-11,20,26,33H,12-17H2,1H3. The number of anilines is 1. The first-order valence-electron chi connectivity index (χ1n) is 12.0. The molecule has 5 aliphatic rings. The van der Waals surface area contributed by atoms with E-state index in [1.807, 2.05) is 12.1 Å². The number of aliphatic hydroxyl groups is 1. The molecule has 2 aliphatic heterocycles. The molecule has 6 heteroatoms. The molecule has 1 saturated heterocycles. The van der Waals surface area contributed by atoms with Crippen LogP contribution in [0.15, 0.2) is 83.1 Å². The number of carbonyl (C=O) groups is 2. The van der Waals surface area contributed by atoms with Crippen molar-refractivity contribution >= 4 is 17.6 Å². The maximum absolute atomic E-state index is 13.5. The van der Waals surface area contributed by atoms with E-state index in [1.165, 1.54) is 29.5 Å². The molecule has 174 valence electrons. The fraction of sp³-hybridized carbons (Fsp3) is 0.357. The van der Waals surface area contributed by atoms with Gasteiger partial charge in [0, 0.05) is 42.7 Å². The van der Waals surface area contributed by atoms with Crippen molar-refractivity contribution in [3.8, 4) is 0 Å². The van der Waals surface area contributed by atoms with Crippen LogP contribution < -0.4 is 4.90 Å². The Morgan fingerprint density at radius 1 is 1.15 bits per heavy atom. The number of hydrogen-bond acceptors (Lipinski definition) is 5. The number of nitrogens with zero attached hydrogens (tertiary/aromatic N) is 2. The smallest absolute Gasteiger partial charge is 0.309 e. The van der Waals surface area contributed by atoms with Crippen molar-refractivity contribution in [1.29, 1.82) is 0 Å². The van der Waals surface area contributed by atoms with Gasteiger partial charge in [0.05, 0.1) is 19.2 Å². The molecule has 1 fully saturated rings. The van der Waals surface area contributed by atoms with Gasteiger partial charge in [-0.15, -0.1) is 0 Å². The molecule has 2 unspecified atom stereocenters. The minimum Gasteiger partial charge on any atom is -0.469 e. The number of piperidine rings is 1. The van der Waals surface area contributed by atoms with E-state index in [0.29, 0.717) is 17.2 Å². The molecule has 1 N–H and O–H groups in total. The molecule has 0 radical (unpaired) electrons. The number of benzene rings is 1. The second-order valence-electron chi connectivity index (χ2n) is 9.66. The van der Waals surface area contributed by atoms with E-state index in [2.05, 4.69) is 41.4 Å². The minimum absolute atomic E-state index is 0.0240. The van der Waals surface area contributed by atoms with E-state index in [-0.39, 0.29) is 12.5 Å². The van der Waals surface area contributed by atoms with Gasteiger partial charge in [0.15, 0.2) is 5.60 Å². The predicted octanol–water partition coefficient (Wildman–Crippen LogP) is 3.51. The number of hydrogen-bond donors (Lipinski definition) is 1. The summed E-state index contributed by atoms with van der Waals surface area (Å²) in [5.74, 6) is -0.632. The van der Waals surface area contributed by atoms with E-state index in [9.17, 15) is 14.7 Å². The zero-order valence-corrected chi connectivity index (χ0v) is 19.2. The number of fused-ring (bicyclic) bond motifs is 1. The lowest BCUT2D eigenvalue weighted by molar-refractivity contribution is -0.153. The Kier molecular flexibility index (Phi) is 4.88. The second kappa shape index (κ2) is 7.84. The number of methoxy groups -OCH3 is 1. The van der Waals surface area contributed by atoms with Gasteiger partial charge in [0.2, 0.25) is 0 Å². The molecule has 2 heterocycles. The normalized spacial score (nSPS) is 27.6. The van der Waals surface area contributed by atoms with Crippen molar-refractivity contribution in [3.63, 3.8) is 0 Å². The maximum atomic E-state index is 13.5. The van der Waals surface area contributed by atoms with Gasteiger partial charge in [0.1, 0.15) is 0 Å². The van der Waals surface area contributed by atoms with Crippen LogP contribution in [0, 0.1) is 5.92 Å². The Labute approximate surface area is 199 Å². The minimum atomic E-state index is -1.87. The molecule has 0 saturated carbocycles. The van der Waals surface area contributed by atoms with Crippen molar-refractivity contribution in [3.05, 3.63) is 88.7 Å². The average molecular weight is 457 g/mol. The average Bonchev–Trinajstić information content (AvgIpc) is 3.34. The lowest BCUT2D eigenvalue weighted by Crippen LogP contribution is -2.50. The molecule has 1 aromatic rings. The van der Waals surface area contributed by atoms with E-state index in [4.69, 9.17) is 4.74 Å². The summed E-state index contributed by atoms with van der Waals surface area (Å²) >= 11 is 0. The van der Waals surface area contributed by atoms with E-state index in [0.717, 1.165) is 32.4 Å². The van der Waals surface area contributed by atoms with E-state index >= 15 is 0 Å². The van der Waals surface area contributed by atoms with Crippen molar-refractivity contribution in [1.82, 2.24) is 4.90 Å². The van der Waals surface area contributed by atoms with E-state index in [1.54, 1.807) is 17.0 Å². The molecule has 0 bridgehead atoms. The summed E-state index contributed by atoms with van der Waals surface area (Å²) in [4.78, 5) is 29.7. The zero-order valence-electron chi connectivity index (χ0n) is 19.2. The number of para-hydroxylation sites is 1. The Morgan fingerprint density at radius 3 is 2.71 bits per heavy atom. The molecule has 34 heavy (non-hydrogen) atoms. The molecule has 1 amide bonds. The number of amides is 1. The summed E-state index contributed by atoms with van der Waals surface area (Å²) in [6.45, 7) is 1.70. The maximum Gasteiger partial charge on any atom is 0.309 e. The summed E-state index contributed by atoms with van der Waals surface area (Å²) in [7, 11) is 1.27. The first-order valence-corrected chi connectivity index (χ1v) is 12.0. The van der Waals surface area contributed by atoms with Crippen molar-refractivity contribution in [2.45, 2.75) is 37.3 Å². The van der Waals surface area contributed by atoms with Gasteiger partial charge in [-0.2, -0.15) is 0 Å². The summed E-state index contributed by atoms with van der Waals surface area (Å²) < 4.78 is 4.77. The number of carbonyl (C=O) groups excluding carboxylic acids is 2. The van der Waals surface area contributed by atoms with Crippen LogP contribution in [0.1, 0.15) is 31.2 Å². The Morgan fingerprint density at radius 2 is 1.91 bits per heavy atom. The number of ether oxygens (including phenoxy) is 1. The lowest BCUT2D eigenvalue weighted by atomic mass is 9.82. The van der Waals surface area contributed by atoms with E-state index < -0.39 is 17.5 Å². The number of allylic oxidation sites excluding steroid dienone is 9. The SMILES string of the molecule is COC(=O)CC1(O)C(=O)N(C2CCN(C3=C4C=CC=C5C=CC=C(C3)C54)CC2)c2ccccc21. The fourth-order valence-corrected chi connectivity index (χ4v) is 6.26. The molecule has 6 nitrogen and oxygen atoms in total. The van der Waals surface area contributed by atoms with Gasteiger partial charge in [0.25, 0.3) is 5.91 Å². The Hall–Kier alpha value is -3.38. The number of esters is 1. The summed E-state index contributed by atoms with van der Waals surface area (Å²) in [6, 6.07) is 7.23. The highest BCUT2D eigenvalue weighted by Gasteiger charge is 2.53. The van der Waals surface area contributed by atoms with Gasteiger partial charge in [-0.05, 0) is 30.1 Å². The summed E-state index contributed by atoms with van der Waals surface area (Å²) in [5.41, 5.74) is 4.95. The fourth-order valence-electron chi connectivity index (χ4n) is 6.26. The van der Waals surface area contributed by atoms with Crippen LogP contribution in [0.3, 0.4) is 0 Å². The largest absolute Gasteiger partial charge is 0.469 e. The van der Waals surface area contributed by atoms with Crippen LogP contribution in [0.5, 0.6) is 0 Å². The molecule has 1 aromatic carbocycles.